The fourth-order valence-electron chi connectivity index (χ4n) is 2.08. The van der Waals surface area contributed by atoms with Crippen molar-refractivity contribution in [3.63, 3.8) is 0 Å². The van der Waals surface area contributed by atoms with Crippen molar-refractivity contribution in [2.45, 2.75) is 32.3 Å². The maximum absolute atomic E-state index is 12.8. The summed E-state index contributed by atoms with van der Waals surface area (Å²) in [6.45, 7) is 2.06. The fraction of sp³-hybridized carbons (Fsp3) is 0.294. The summed E-state index contributed by atoms with van der Waals surface area (Å²) < 4.78 is 12.8. The van der Waals surface area contributed by atoms with Gasteiger partial charge in [0.15, 0.2) is 0 Å². The minimum absolute atomic E-state index is 0.238. The summed E-state index contributed by atoms with van der Waals surface area (Å²) in [5.41, 5.74) is 3.46. The third-order valence-corrected chi connectivity index (χ3v) is 3.27. The molecule has 1 unspecified atom stereocenters. The second-order valence-corrected chi connectivity index (χ2v) is 5.01. The van der Waals surface area contributed by atoms with Crippen LogP contribution >= 0.6 is 0 Å². The number of aliphatic hydroxyl groups is 1. The molecule has 0 saturated heterocycles. The molecule has 0 fully saturated rings. The molecule has 2 heteroatoms. The molecule has 2 aromatic carbocycles. The molecule has 0 amide bonds. The third-order valence-electron chi connectivity index (χ3n) is 3.27. The summed E-state index contributed by atoms with van der Waals surface area (Å²) in [5.74, 6) is -0.238. The van der Waals surface area contributed by atoms with Crippen molar-refractivity contribution in [3.05, 3.63) is 71.0 Å². The second-order valence-electron chi connectivity index (χ2n) is 5.01. The van der Waals surface area contributed by atoms with Crippen LogP contribution in [0, 0.1) is 12.7 Å². The quantitative estimate of drug-likeness (QED) is 0.867. The smallest absolute Gasteiger partial charge is 0.123 e. The van der Waals surface area contributed by atoms with Gasteiger partial charge in [-0.2, -0.15) is 0 Å². The van der Waals surface area contributed by atoms with Gasteiger partial charge in [0, 0.05) is 0 Å². The van der Waals surface area contributed by atoms with Crippen LogP contribution in [0.4, 0.5) is 4.39 Å². The number of aliphatic hydroxyl groups excluding tert-OH is 1. The number of aryl methyl sites for hydroxylation is 2. The van der Waals surface area contributed by atoms with Crippen molar-refractivity contribution in [3.8, 4) is 0 Å². The van der Waals surface area contributed by atoms with Gasteiger partial charge >= 0.3 is 0 Å². The van der Waals surface area contributed by atoms with Gasteiger partial charge in [0.1, 0.15) is 5.82 Å². The average molecular weight is 258 g/mol. The highest BCUT2D eigenvalue weighted by atomic mass is 19.1. The first kappa shape index (κ1) is 13.8. The lowest BCUT2D eigenvalue weighted by atomic mass is 10.0. The van der Waals surface area contributed by atoms with Crippen LogP contribution in [-0.2, 0) is 12.8 Å². The highest BCUT2D eigenvalue weighted by Gasteiger charge is 2.06. The molecular formula is C17H19FO. The lowest BCUT2D eigenvalue weighted by Gasteiger charge is -2.10. The summed E-state index contributed by atoms with van der Waals surface area (Å²) in [4.78, 5) is 0. The van der Waals surface area contributed by atoms with E-state index in [0.29, 0.717) is 6.42 Å². The normalized spacial score (nSPS) is 12.4. The van der Waals surface area contributed by atoms with E-state index in [4.69, 9.17) is 0 Å². The minimum Gasteiger partial charge on any atom is -0.393 e. The Labute approximate surface area is 113 Å². The summed E-state index contributed by atoms with van der Waals surface area (Å²) in [7, 11) is 0. The first-order valence-corrected chi connectivity index (χ1v) is 6.61. The SMILES string of the molecule is Cc1ccc(CCC(O)Cc2ccc(F)cc2)cc1. The molecule has 0 saturated carbocycles. The van der Waals surface area contributed by atoms with Crippen LogP contribution in [0.5, 0.6) is 0 Å². The van der Waals surface area contributed by atoms with Gasteiger partial charge in [-0.25, -0.2) is 4.39 Å². The van der Waals surface area contributed by atoms with Crippen LogP contribution in [0.15, 0.2) is 48.5 Å². The minimum atomic E-state index is -0.383. The summed E-state index contributed by atoms with van der Waals surface area (Å²) in [5, 5.41) is 9.99. The molecule has 100 valence electrons. The van der Waals surface area contributed by atoms with E-state index in [-0.39, 0.29) is 11.9 Å². The topological polar surface area (TPSA) is 20.2 Å². The first-order chi connectivity index (χ1) is 9.13. The molecule has 19 heavy (non-hydrogen) atoms. The molecule has 1 N–H and O–H groups in total. The standard InChI is InChI=1S/C17H19FO/c1-13-2-4-14(5-3-13)8-11-17(19)12-15-6-9-16(18)10-7-15/h2-7,9-10,17,19H,8,11-12H2,1H3. The Morgan fingerprint density at radius 1 is 0.947 bits per heavy atom. The Morgan fingerprint density at radius 3 is 2.16 bits per heavy atom. The molecular weight excluding hydrogens is 239 g/mol. The van der Waals surface area contributed by atoms with Crippen molar-refractivity contribution in [2.24, 2.45) is 0 Å². The maximum atomic E-state index is 12.8. The average Bonchev–Trinajstić information content (AvgIpc) is 2.41. The maximum Gasteiger partial charge on any atom is 0.123 e. The summed E-state index contributed by atoms with van der Waals surface area (Å²) >= 11 is 0. The van der Waals surface area contributed by atoms with Gasteiger partial charge in [0.25, 0.3) is 0 Å². The van der Waals surface area contributed by atoms with E-state index in [1.807, 2.05) is 0 Å². The van der Waals surface area contributed by atoms with Crippen LogP contribution < -0.4 is 0 Å². The first-order valence-electron chi connectivity index (χ1n) is 6.61. The molecule has 0 heterocycles. The molecule has 2 aromatic rings. The van der Waals surface area contributed by atoms with E-state index in [1.165, 1.54) is 23.3 Å². The number of benzene rings is 2. The Balaban J connectivity index is 1.82. The van der Waals surface area contributed by atoms with Gasteiger partial charge in [-0.3, -0.25) is 0 Å². The van der Waals surface area contributed by atoms with Crippen LogP contribution in [0.2, 0.25) is 0 Å². The predicted octanol–water partition coefficient (Wildman–Crippen LogP) is 3.67. The molecule has 1 atom stereocenters. The van der Waals surface area contributed by atoms with Crippen molar-refractivity contribution in [2.75, 3.05) is 0 Å². The summed E-state index contributed by atoms with van der Waals surface area (Å²) in [6, 6.07) is 14.7. The van der Waals surface area contributed by atoms with E-state index in [0.717, 1.165) is 18.4 Å². The molecule has 0 radical (unpaired) electrons. The van der Waals surface area contributed by atoms with Crippen LogP contribution in [0.25, 0.3) is 0 Å². The van der Waals surface area contributed by atoms with Crippen LogP contribution in [0.1, 0.15) is 23.1 Å². The Bertz CT molecular complexity index is 502. The van der Waals surface area contributed by atoms with E-state index >= 15 is 0 Å². The lowest BCUT2D eigenvalue weighted by molar-refractivity contribution is 0.165. The number of hydrogen-bond donors (Lipinski definition) is 1. The van der Waals surface area contributed by atoms with Crippen molar-refractivity contribution in [1.29, 1.82) is 0 Å². The Kier molecular flexibility index (Phi) is 4.69. The predicted molar refractivity (Wildman–Crippen MR) is 75.6 cm³/mol. The molecule has 0 aromatic heterocycles. The van der Waals surface area contributed by atoms with Crippen molar-refractivity contribution < 1.29 is 9.50 Å². The molecule has 2 rings (SSSR count). The number of rotatable bonds is 5. The summed E-state index contributed by atoms with van der Waals surface area (Å²) in [6.07, 6.45) is 1.78. The van der Waals surface area contributed by atoms with E-state index < -0.39 is 0 Å². The zero-order valence-electron chi connectivity index (χ0n) is 11.1. The molecule has 0 aliphatic heterocycles. The molecule has 0 spiro atoms. The van der Waals surface area contributed by atoms with E-state index in [1.54, 1.807) is 12.1 Å². The van der Waals surface area contributed by atoms with Gasteiger partial charge in [0.2, 0.25) is 0 Å². The lowest BCUT2D eigenvalue weighted by Crippen LogP contribution is -2.11. The van der Waals surface area contributed by atoms with Gasteiger partial charge in [-0.1, -0.05) is 42.0 Å². The third kappa shape index (κ3) is 4.49. The highest BCUT2D eigenvalue weighted by molar-refractivity contribution is 5.21. The molecule has 0 aliphatic carbocycles. The van der Waals surface area contributed by atoms with Crippen LogP contribution in [0.3, 0.4) is 0 Å². The monoisotopic (exact) mass is 258 g/mol. The zero-order valence-corrected chi connectivity index (χ0v) is 11.1. The molecule has 0 bridgehead atoms. The molecule has 0 aliphatic rings. The van der Waals surface area contributed by atoms with Crippen molar-refractivity contribution >= 4 is 0 Å². The van der Waals surface area contributed by atoms with Gasteiger partial charge in [-0.15, -0.1) is 0 Å². The fourth-order valence-corrected chi connectivity index (χ4v) is 2.08. The van der Waals surface area contributed by atoms with E-state index in [2.05, 4.69) is 31.2 Å². The Morgan fingerprint density at radius 2 is 1.53 bits per heavy atom. The van der Waals surface area contributed by atoms with Gasteiger partial charge < -0.3 is 5.11 Å². The highest BCUT2D eigenvalue weighted by Crippen LogP contribution is 2.11. The molecule has 1 nitrogen and oxygen atoms in total. The van der Waals surface area contributed by atoms with E-state index in [9.17, 15) is 9.50 Å². The van der Waals surface area contributed by atoms with Crippen molar-refractivity contribution in [1.82, 2.24) is 0 Å². The largest absolute Gasteiger partial charge is 0.393 e. The van der Waals surface area contributed by atoms with Gasteiger partial charge in [0.05, 0.1) is 6.10 Å². The number of halogens is 1. The number of hydrogen-bond acceptors (Lipinski definition) is 1. The zero-order chi connectivity index (χ0) is 13.7. The van der Waals surface area contributed by atoms with Gasteiger partial charge in [-0.05, 0) is 49.4 Å². The van der Waals surface area contributed by atoms with Crippen LogP contribution in [-0.4, -0.2) is 11.2 Å². The second kappa shape index (κ2) is 6.48. The Hall–Kier alpha value is -1.67.